The second-order valence-corrected chi connectivity index (χ2v) is 5.89. The SMILES string of the molecule is CCCCn1c(N)c(NC(C)c2cccs2)c(=O)[nH]c1=O. The lowest BCUT2D eigenvalue weighted by molar-refractivity contribution is 0.605. The van der Waals surface area contributed by atoms with Crippen molar-refractivity contribution in [1.29, 1.82) is 0 Å². The van der Waals surface area contributed by atoms with Gasteiger partial charge in [-0.05, 0) is 24.8 Å². The number of nitrogen functional groups attached to an aromatic ring is 1. The van der Waals surface area contributed by atoms with Gasteiger partial charge in [-0.1, -0.05) is 19.4 Å². The molecule has 0 aliphatic heterocycles. The average molecular weight is 308 g/mol. The second kappa shape index (κ2) is 6.62. The summed E-state index contributed by atoms with van der Waals surface area (Å²) >= 11 is 1.60. The first kappa shape index (κ1) is 15.4. The van der Waals surface area contributed by atoms with Gasteiger partial charge in [-0.3, -0.25) is 14.3 Å². The first-order chi connectivity index (χ1) is 10.0. The fraction of sp³-hybridized carbons (Fsp3) is 0.429. The summed E-state index contributed by atoms with van der Waals surface area (Å²) in [5.74, 6) is 0.195. The molecule has 0 saturated carbocycles. The van der Waals surface area contributed by atoms with Gasteiger partial charge in [-0.25, -0.2) is 4.79 Å². The molecule has 2 aromatic heterocycles. The van der Waals surface area contributed by atoms with Gasteiger partial charge in [0.15, 0.2) is 0 Å². The summed E-state index contributed by atoms with van der Waals surface area (Å²) < 4.78 is 1.41. The number of aromatic amines is 1. The van der Waals surface area contributed by atoms with Gasteiger partial charge in [0.25, 0.3) is 5.56 Å². The van der Waals surface area contributed by atoms with Crippen molar-refractivity contribution in [1.82, 2.24) is 9.55 Å². The normalized spacial score (nSPS) is 12.3. The van der Waals surface area contributed by atoms with E-state index in [1.807, 2.05) is 31.4 Å². The first-order valence-electron chi connectivity index (χ1n) is 6.97. The molecule has 0 amide bonds. The highest BCUT2D eigenvalue weighted by molar-refractivity contribution is 7.10. The summed E-state index contributed by atoms with van der Waals surface area (Å²) in [6, 6.07) is 3.89. The van der Waals surface area contributed by atoms with E-state index < -0.39 is 11.2 Å². The number of thiophene rings is 1. The number of hydrogen-bond acceptors (Lipinski definition) is 5. The summed E-state index contributed by atoms with van der Waals surface area (Å²) in [6.45, 7) is 4.48. The summed E-state index contributed by atoms with van der Waals surface area (Å²) in [7, 11) is 0. The Kier molecular flexibility index (Phi) is 4.85. The maximum absolute atomic E-state index is 12.0. The smallest absolute Gasteiger partial charge is 0.330 e. The number of hydrogen-bond donors (Lipinski definition) is 3. The van der Waals surface area contributed by atoms with Crippen LogP contribution in [-0.2, 0) is 6.54 Å². The predicted molar refractivity (Wildman–Crippen MR) is 87.0 cm³/mol. The minimum Gasteiger partial charge on any atom is -0.383 e. The first-order valence-corrected chi connectivity index (χ1v) is 7.85. The molecule has 114 valence electrons. The molecule has 4 N–H and O–H groups in total. The highest BCUT2D eigenvalue weighted by atomic mass is 32.1. The Morgan fingerprint density at radius 3 is 2.86 bits per heavy atom. The molecule has 21 heavy (non-hydrogen) atoms. The summed E-state index contributed by atoms with van der Waals surface area (Å²) in [5.41, 5.74) is 5.33. The number of rotatable bonds is 6. The van der Waals surface area contributed by atoms with Crippen molar-refractivity contribution in [3.63, 3.8) is 0 Å². The Morgan fingerprint density at radius 1 is 1.48 bits per heavy atom. The third-order valence-corrected chi connectivity index (χ3v) is 4.36. The van der Waals surface area contributed by atoms with Crippen molar-refractivity contribution in [3.8, 4) is 0 Å². The molecule has 0 radical (unpaired) electrons. The van der Waals surface area contributed by atoms with Gasteiger partial charge in [0, 0.05) is 11.4 Å². The molecule has 0 aromatic carbocycles. The summed E-state index contributed by atoms with van der Waals surface area (Å²) in [4.78, 5) is 27.2. The van der Waals surface area contributed by atoms with E-state index in [1.165, 1.54) is 4.57 Å². The number of unbranched alkanes of at least 4 members (excludes halogenated alkanes) is 1. The molecule has 0 saturated heterocycles. The van der Waals surface area contributed by atoms with Crippen molar-refractivity contribution in [3.05, 3.63) is 43.2 Å². The number of nitrogens with two attached hydrogens (primary N) is 1. The average Bonchev–Trinajstić information content (AvgIpc) is 2.97. The van der Waals surface area contributed by atoms with E-state index in [4.69, 9.17) is 5.73 Å². The van der Waals surface area contributed by atoms with Gasteiger partial charge < -0.3 is 11.1 Å². The number of nitrogens with zero attached hydrogens (tertiary/aromatic N) is 1. The number of H-pyrrole nitrogens is 1. The maximum Gasteiger partial charge on any atom is 0.330 e. The lowest BCUT2D eigenvalue weighted by Gasteiger charge is -2.17. The number of nitrogens with one attached hydrogen (secondary N) is 2. The topological polar surface area (TPSA) is 92.9 Å². The van der Waals surface area contributed by atoms with E-state index in [9.17, 15) is 9.59 Å². The molecule has 7 heteroatoms. The third-order valence-electron chi connectivity index (χ3n) is 3.31. The Morgan fingerprint density at radius 2 is 2.24 bits per heavy atom. The van der Waals surface area contributed by atoms with Crippen molar-refractivity contribution >= 4 is 22.8 Å². The lowest BCUT2D eigenvalue weighted by Crippen LogP contribution is -2.34. The predicted octanol–water partition coefficient (Wildman–Crippen LogP) is 2.15. The second-order valence-electron chi connectivity index (χ2n) is 4.91. The van der Waals surface area contributed by atoms with Crippen molar-refractivity contribution < 1.29 is 0 Å². The highest BCUT2D eigenvalue weighted by Gasteiger charge is 2.15. The van der Waals surface area contributed by atoms with Crippen LogP contribution in [0.5, 0.6) is 0 Å². The maximum atomic E-state index is 12.0. The molecule has 1 unspecified atom stereocenters. The Balaban J connectivity index is 2.34. The zero-order valence-electron chi connectivity index (χ0n) is 12.2. The van der Waals surface area contributed by atoms with Gasteiger partial charge >= 0.3 is 5.69 Å². The molecule has 0 spiro atoms. The van der Waals surface area contributed by atoms with Crippen LogP contribution in [0.2, 0.25) is 0 Å². The van der Waals surface area contributed by atoms with Crippen LogP contribution in [0.4, 0.5) is 11.5 Å². The Labute approximate surface area is 126 Å². The van der Waals surface area contributed by atoms with Crippen LogP contribution in [0.15, 0.2) is 27.1 Å². The largest absolute Gasteiger partial charge is 0.383 e. The van der Waals surface area contributed by atoms with Crippen molar-refractivity contribution in [2.75, 3.05) is 11.1 Å². The minimum absolute atomic E-state index is 0.0504. The molecule has 2 aromatic rings. The number of aromatic nitrogens is 2. The van der Waals surface area contributed by atoms with Gasteiger partial charge in [0.1, 0.15) is 11.5 Å². The van der Waals surface area contributed by atoms with Crippen molar-refractivity contribution in [2.24, 2.45) is 0 Å². The summed E-state index contributed by atoms with van der Waals surface area (Å²) in [5, 5.41) is 5.08. The fourth-order valence-corrected chi connectivity index (χ4v) is 2.83. The van der Waals surface area contributed by atoms with Crippen LogP contribution in [0, 0.1) is 0 Å². The Hall–Kier alpha value is -2.02. The number of anilines is 2. The van der Waals surface area contributed by atoms with Crippen LogP contribution >= 0.6 is 11.3 Å². The zero-order chi connectivity index (χ0) is 15.4. The molecule has 0 aliphatic carbocycles. The molecule has 2 rings (SSSR count). The molecule has 6 nitrogen and oxygen atoms in total. The third kappa shape index (κ3) is 3.36. The van der Waals surface area contributed by atoms with Gasteiger partial charge in [-0.15, -0.1) is 11.3 Å². The van der Waals surface area contributed by atoms with E-state index in [1.54, 1.807) is 11.3 Å². The van der Waals surface area contributed by atoms with Crippen LogP contribution in [0.3, 0.4) is 0 Å². The van der Waals surface area contributed by atoms with E-state index in [2.05, 4.69) is 10.3 Å². The highest BCUT2D eigenvalue weighted by Crippen LogP contribution is 2.23. The minimum atomic E-state index is -0.478. The van der Waals surface area contributed by atoms with Crippen molar-refractivity contribution in [2.45, 2.75) is 39.3 Å². The molecule has 0 bridgehead atoms. The van der Waals surface area contributed by atoms with E-state index in [0.717, 1.165) is 17.7 Å². The van der Waals surface area contributed by atoms with Crippen LogP contribution in [0.25, 0.3) is 0 Å². The molecule has 0 fully saturated rings. The summed E-state index contributed by atoms with van der Waals surface area (Å²) in [6.07, 6.45) is 1.77. The molecule has 0 aliphatic rings. The van der Waals surface area contributed by atoms with E-state index in [-0.39, 0.29) is 17.5 Å². The lowest BCUT2D eigenvalue weighted by atomic mass is 10.2. The van der Waals surface area contributed by atoms with E-state index >= 15 is 0 Å². The quantitative estimate of drug-likeness (QED) is 0.762. The van der Waals surface area contributed by atoms with E-state index in [0.29, 0.717) is 6.54 Å². The van der Waals surface area contributed by atoms with Crippen LogP contribution < -0.4 is 22.3 Å². The molecular weight excluding hydrogens is 288 g/mol. The standard InChI is InChI=1S/C14H20N4O2S/c1-3-4-7-18-12(15)11(13(19)17-14(18)20)16-9(2)10-6-5-8-21-10/h5-6,8-9,16H,3-4,7,15H2,1-2H3,(H,17,19,20). The van der Waals surface area contributed by atoms with Gasteiger partial charge in [0.2, 0.25) is 0 Å². The van der Waals surface area contributed by atoms with Crippen LogP contribution in [0.1, 0.15) is 37.6 Å². The molecular formula is C14H20N4O2S. The Bertz CT molecular complexity index is 703. The zero-order valence-corrected chi connectivity index (χ0v) is 13.0. The monoisotopic (exact) mass is 308 g/mol. The van der Waals surface area contributed by atoms with Crippen LogP contribution in [-0.4, -0.2) is 9.55 Å². The molecule has 1 atom stereocenters. The van der Waals surface area contributed by atoms with Gasteiger partial charge in [-0.2, -0.15) is 0 Å². The molecule has 2 heterocycles. The fourth-order valence-electron chi connectivity index (χ4n) is 2.09. The van der Waals surface area contributed by atoms with Gasteiger partial charge in [0.05, 0.1) is 6.04 Å².